The third kappa shape index (κ3) is 7.56. The molecule has 0 radical (unpaired) electrons. The second-order valence-electron chi connectivity index (χ2n) is 9.73. The van der Waals surface area contributed by atoms with E-state index in [0.717, 1.165) is 11.2 Å². The number of nitrogens with one attached hydrogen (secondary N) is 2. The number of hydrazine groups is 1. The Labute approximate surface area is 251 Å². The van der Waals surface area contributed by atoms with Crippen LogP contribution in [0, 0.1) is 0 Å². The molecule has 2 aliphatic rings. The number of halogens is 2. The van der Waals surface area contributed by atoms with Gasteiger partial charge in [-0.1, -0.05) is 52.6 Å². The number of rotatable bonds is 10. The lowest BCUT2D eigenvalue weighted by Gasteiger charge is -2.43. The zero-order valence-corrected chi connectivity index (χ0v) is 23.9. The molecule has 2 aliphatic heterocycles. The van der Waals surface area contributed by atoms with E-state index in [9.17, 15) is 29.1 Å². The molecule has 42 heavy (non-hydrogen) atoms. The molecule has 2 aromatic carbocycles. The highest BCUT2D eigenvalue weighted by Gasteiger charge is 2.44. The molecule has 0 bridgehead atoms. The van der Waals surface area contributed by atoms with E-state index in [1.54, 1.807) is 48.5 Å². The van der Waals surface area contributed by atoms with E-state index in [0.29, 0.717) is 27.6 Å². The molecule has 4 amide bonds. The molecule has 2 heterocycles. The number of fused-ring (bicyclic) bond motifs is 1. The fourth-order valence-corrected chi connectivity index (χ4v) is 5.24. The number of oxime groups is 1. The van der Waals surface area contributed by atoms with Crippen LogP contribution in [0.4, 0.5) is 0 Å². The molecule has 3 atom stereocenters. The maximum atomic E-state index is 13.6. The summed E-state index contributed by atoms with van der Waals surface area (Å²) in [5, 5.41) is 21.5. The summed E-state index contributed by atoms with van der Waals surface area (Å²) in [7, 11) is 0. The molecular formula is C28H29Cl2N5O7. The minimum absolute atomic E-state index is 0.00258. The van der Waals surface area contributed by atoms with Crippen LogP contribution in [0.5, 0.6) is 0 Å². The average Bonchev–Trinajstić information content (AvgIpc) is 3.08. The van der Waals surface area contributed by atoms with E-state index in [1.807, 2.05) is 0 Å². The summed E-state index contributed by atoms with van der Waals surface area (Å²) >= 11 is 12.2. The van der Waals surface area contributed by atoms with Gasteiger partial charge in [-0.15, -0.1) is 0 Å². The van der Waals surface area contributed by atoms with Gasteiger partial charge in [-0.05, 0) is 43.5 Å². The lowest BCUT2D eigenvalue weighted by Crippen LogP contribution is -2.64. The van der Waals surface area contributed by atoms with Crippen molar-refractivity contribution in [3.63, 3.8) is 0 Å². The predicted octanol–water partition coefficient (Wildman–Crippen LogP) is 2.78. The molecule has 0 aromatic heterocycles. The van der Waals surface area contributed by atoms with Gasteiger partial charge in [-0.3, -0.25) is 29.0 Å². The largest absolute Gasteiger partial charge is 0.481 e. The number of aliphatic carboxylic acids is 1. The minimum Gasteiger partial charge on any atom is -0.481 e. The minimum atomic E-state index is -1.21. The first kappa shape index (κ1) is 30.8. The summed E-state index contributed by atoms with van der Waals surface area (Å²) < 4.78 is 0. The highest BCUT2D eigenvalue weighted by molar-refractivity contribution is 6.35. The van der Waals surface area contributed by atoms with Crippen LogP contribution in [0.3, 0.4) is 0 Å². The number of carbonyl (C=O) groups is 5. The van der Waals surface area contributed by atoms with Crippen molar-refractivity contribution in [3.8, 4) is 0 Å². The molecule has 0 aliphatic carbocycles. The van der Waals surface area contributed by atoms with Crippen molar-refractivity contribution in [1.29, 1.82) is 0 Å². The summed E-state index contributed by atoms with van der Waals surface area (Å²) in [4.78, 5) is 69.5. The molecular weight excluding hydrogens is 589 g/mol. The Bertz CT molecular complexity index is 1350. The van der Waals surface area contributed by atoms with E-state index in [2.05, 4.69) is 15.8 Å². The normalized spacial score (nSPS) is 19.6. The van der Waals surface area contributed by atoms with Crippen LogP contribution in [-0.2, 0) is 30.6 Å². The molecule has 2 fully saturated rings. The van der Waals surface area contributed by atoms with Crippen molar-refractivity contribution in [1.82, 2.24) is 20.7 Å². The summed E-state index contributed by atoms with van der Waals surface area (Å²) in [5.41, 5.74) is 0.831. The van der Waals surface area contributed by atoms with Crippen LogP contribution in [0.2, 0.25) is 10.0 Å². The highest BCUT2D eigenvalue weighted by atomic mass is 35.5. The number of carboxylic acids is 1. The molecule has 14 heteroatoms. The van der Waals surface area contributed by atoms with Gasteiger partial charge in [0.05, 0.1) is 18.7 Å². The van der Waals surface area contributed by atoms with Gasteiger partial charge in [0, 0.05) is 34.1 Å². The zero-order chi connectivity index (χ0) is 30.2. The second kappa shape index (κ2) is 14.1. The van der Waals surface area contributed by atoms with Gasteiger partial charge in [0.25, 0.3) is 11.8 Å². The monoisotopic (exact) mass is 617 g/mol. The number of benzene rings is 2. The lowest BCUT2D eigenvalue weighted by atomic mass is 10.0. The predicted molar refractivity (Wildman–Crippen MR) is 152 cm³/mol. The Kier molecular flexibility index (Phi) is 10.4. The molecule has 0 spiro atoms. The van der Waals surface area contributed by atoms with Crippen LogP contribution in [0.15, 0.2) is 53.7 Å². The van der Waals surface area contributed by atoms with Crippen LogP contribution >= 0.6 is 23.2 Å². The Morgan fingerprint density at radius 2 is 1.79 bits per heavy atom. The summed E-state index contributed by atoms with van der Waals surface area (Å²) in [6.45, 7) is 0.132. The van der Waals surface area contributed by atoms with Crippen LogP contribution in [0.25, 0.3) is 0 Å². The number of carbonyl (C=O) groups excluding carboxylic acids is 4. The first-order valence-corrected chi connectivity index (χ1v) is 14.0. The Balaban J connectivity index is 1.47. The Morgan fingerprint density at radius 3 is 2.48 bits per heavy atom. The molecule has 3 N–H and O–H groups in total. The standard InChI is InChI=1S/C28H29Cl2N5O7/c29-20-8-4-9-21(30)19(20)16-42-31-15-18(14-25(37)38)32-27(40)23-10-5-13-34-24(36)12-11-22(28(41)35(23)34)33-26(39)17-6-2-1-3-7-17/h1-4,6-9,15,18,22-23H,5,10-14,16H2,(H,32,40)(H,33,39)(H,37,38)/b31-15+/t18?,22?,23-/m0/s1. The molecule has 2 unspecified atom stereocenters. The van der Waals surface area contributed by atoms with Gasteiger partial charge in [0.15, 0.2) is 0 Å². The van der Waals surface area contributed by atoms with Gasteiger partial charge < -0.3 is 20.6 Å². The van der Waals surface area contributed by atoms with Crippen LogP contribution in [0.1, 0.15) is 48.0 Å². The van der Waals surface area contributed by atoms with Gasteiger partial charge in [0.2, 0.25) is 11.8 Å². The van der Waals surface area contributed by atoms with E-state index < -0.39 is 48.2 Å². The quantitative estimate of drug-likeness (QED) is 0.273. The van der Waals surface area contributed by atoms with Crippen LogP contribution < -0.4 is 10.6 Å². The highest BCUT2D eigenvalue weighted by Crippen LogP contribution is 2.26. The zero-order valence-electron chi connectivity index (χ0n) is 22.4. The van der Waals surface area contributed by atoms with Crippen molar-refractivity contribution in [2.45, 2.75) is 56.8 Å². The van der Waals surface area contributed by atoms with Crippen molar-refractivity contribution in [2.75, 3.05) is 6.54 Å². The second-order valence-corrected chi connectivity index (χ2v) is 10.5. The lowest BCUT2D eigenvalue weighted by molar-refractivity contribution is -0.176. The molecule has 222 valence electrons. The molecule has 2 saturated heterocycles. The fourth-order valence-electron chi connectivity index (χ4n) is 4.73. The Hall–Kier alpha value is -4.16. The van der Waals surface area contributed by atoms with Crippen molar-refractivity contribution < 1.29 is 33.9 Å². The number of carboxylic acid groups (broad SMARTS) is 1. The number of hydrogen-bond donors (Lipinski definition) is 3. The van der Waals surface area contributed by atoms with Crippen LogP contribution in [-0.4, -0.2) is 75.6 Å². The van der Waals surface area contributed by atoms with E-state index >= 15 is 0 Å². The van der Waals surface area contributed by atoms with Crippen molar-refractivity contribution in [2.24, 2.45) is 5.16 Å². The number of hydrogen-bond acceptors (Lipinski definition) is 7. The summed E-state index contributed by atoms with van der Waals surface area (Å²) in [5.74, 6) is -3.33. The third-order valence-electron chi connectivity index (χ3n) is 6.81. The first-order valence-electron chi connectivity index (χ1n) is 13.3. The van der Waals surface area contributed by atoms with Crippen molar-refractivity contribution >= 4 is 59.0 Å². The van der Waals surface area contributed by atoms with E-state index in [1.165, 1.54) is 5.01 Å². The summed E-state index contributed by atoms with van der Waals surface area (Å²) in [6.07, 6.45) is 1.32. The topological polar surface area (TPSA) is 158 Å². The van der Waals surface area contributed by atoms with Gasteiger partial charge in [0.1, 0.15) is 18.7 Å². The smallest absolute Gasteiger partial charge is 0.305 e. The van der Waals surface area contributed by atoms with Crippen molar-refractivity contribution in [3.05, 3.63) is 69.7 Å². The number of nitrogens with zero attached hydrogens (tertiary/aromatic N) is 3. The number of amides is 4. The maximum absolute atomic E-state index is 13.6. The average molecular weight is 618 g/mol. The SMILES string of the molecule is O=C(O)CC(/C=N/OCc1c(Cl)cccc1Cl)NC(=O)[C@@H]1CCCN2C(=O)CCC(NC(=O)c3ccccc3)C(=O)N12. The molecule has 2 aromatic rings. The van der Waals surface area contributed by atoms with Gasteiger partial charge >= 0.3 is 5.97 Å². The maximum Gasteiger partial charge on any atom is 0.305 e. The van der Waals surface area contributed by atoms with E-state index in [4.69, 9.17) is 28.0 Å². The summed E-state index contributed by atoms with van der Waals surface area (Å²) in [6, 6.07) is 10.0. The molecule has 0 saturated carbocycles. The third-order valence-corrected chi connectivity index (χ3v) is 7.52. The fraction of sp³-hybridized carbons (Fsp3) is 0.357. The van der Waals surface area contributed by atoms with Gasteiger partial charge in [-0.25, -0.2) is 5.01 Å². The van der Waals surface area contributed by atoms with E-state index in [-0.39, 0.29) is 38.3 Å². The Morgan fingerprint density at radius 1 is 1.07 bits per heavy atom. The first-order chi connectivity index (χ1) is 20.2. The van der Waals surface area contributed by atoms with Gasteiger partial charge in [-0.2, -0.15) is 0 Å². The molecule has 4 rings (SSSR count). The molecule has 12 nitrogen and oxygen atoms in total.